The molecule has 1 aliphatic carbocycles. The summed E-state index contributed by atoms with van der Waals surface area (Å²) in [5.41, 5.74) is 0. The minimum Gasteiger partial charge on any atom is -0.346 e. The quantitative estimate of drug-likeness (QED) is 0.607. The normalized spacial score (nSPS) is 17.6. The van der Waals surface area contributed by atoms with Crippen molar-refractivity contribution in [3.63, 3.8) is 0 Å². The van der Waals surface area contributed by atoms with Crippen LogP contribution in [-0.4, -0.2) is 24.4 Å². The van der Waals surface area contributed by atoms with Crippen LogP contribution in [0.4, 0.5) is 0 Å². The van der Waals surface area contributed by atoms with Crippen LogP contribution in [0.25, 0.3) is 0 Å². The van der Waals surface area contributed by atoms with E-state index in [9.17, 15) is 4.79 Å². The number of carbonyl (C=O) groups is 1. The highest BCUT2D eigenvalue weighted by Crippen LogP contribution is 2.29. The summed E-state index contributed by atoms with van der Waals surface area (Å²) in [5.74, 6) is 1.10. The van der Waals surface area contributed by atoms with Crippen LogP contribution < -0.4 is 0 Å². The van der Waals surface area contributed by atoms with Crippen molar-refractivity contribution in [2.75, 3.05) is 13.6 Å². The van der Waals surface area contributed by atoms with Crippen molar-refractivity contribution in [3.05, 3.63) is 0 Å². The average molecular weight is 155 g/mol. The van der Waals surface area contributed by atoms with Crippen molar-refractivity contribution in [2.24, 2.45) is 5.92 Å². The minimum absolute atomic E-state index is 0.185. The molecule has 0 aromatic carbocycles. The first-order chi connectivity index (χ1) is 5.20. The highest BCUT2D eigenvalue weighted by atomic mass is 16.2. The Morgan fingerprint density at radius 1 is 1.55 bits per heavy atom. The molecule has 0 N–H and O–H groups in total. The predicted octanol–water partition coefficient (Wildman–Crippen LogP) is 1.65. The fourth-order valence-corrected chi connectivity index (χ4v) is 1.32. The number of rotatable bonds is 3. The second-order valence-electron chi connectivity index (χ2n) is 3.53. The zero-order chi connectivity index (χ0) is 8.27. The number of hydrogen-bond acceptors (Lipinski definition) is 1. The highest BCUT2D eigenvalue weighted by Gasteiger charge is 2.17. The molecule has 1 fully saturated rings. The molecular weight excluding hydrogens is 138 g/mol. The zero-order valence-corrected chi connectivity index (χ0v) is 7.47. The summed E-state index contributed by atoms with van der Waals surface area (Å²) in [5, 5.41) is 0. The van der Waals surface area contributed by atoms with E-state index in [1.165, 1.54) is 25.7 Å². The van der Waals surface area contributed by atoms with Gasteiger partial charge in [0.1, 0.15) is 0 Å². The Kier molecular flexibility index (Phi) is 2.92. The van der Waals surface area contributed by atoms with Gasteiger partial charge in [0.25, 0.3) is 0 Å². The lowest BCUT2D eigenvalue weighted by Crippen LogP contribution is -2.27. The molecule has 0 aliphatic heterocycles. The molecule has 0 aromatic heterocycles. The molecule has 0 unspecified atom stereocenters. The highest BCUT2D eigenvalue weighted by molar-refractivity contribution is 5.72. The van der Waals surface area contributed by atoms with E-state index in [0.717, 1.165) is 12.5 Å². The van der Waals surface area contributed by atoms with E-state index in [4.69, 9.17) is 0 Å². The molecule has 2 heteroatoms. The summed E-state index contributed by atoms with van der Waals surface area (Å²) >= 11 is 0. The van der Waals surface area contributed by atoms with E-state index in [-0.39, 0.29) is 5.91 Å². The van der Waals surface area contributed by atoms with Gasteiger partial charge in [-0.1, -0.05) is 19.3 Å². The first-order valence-corrected chi connectivity index (χ1v) is 4.42. The van der Waals surface area contributed by atoms with Crippen LogP contribution in [0.1, 0.15) is 32.6 Å². The van der Waals surface area contributed by atoms with Gasteiger partial charge >= 0.3 is 0 Å². The van der Waals surface area contributed by atoms with Crippen molar-refractivity contribution >= 4 is 5.91 Å². The number of carbonyl (C=O) groups excluding carboxylic acids is 1. The summed E-state index contributed by atoms with van der Waals surface area (Å²) in [6.07, 6.45) is 5.36. The van der Waals surface area contributed by atoms with Gasteiger partial charge in [-0.3, -0.25) is 4.79 Å². The Bertz CT molecular complexity index is 140. The van der Waals surface area contributed by atoms with Gasteiger partial charge in [0.15, 0.2) is 0 Å². The Morgan fingerprint density at radius 2 is 2.18 bits per heavy atom. The van der Waals surface area contributed by atoms with E-state index >= 15 is 0 Å². The van der Waals surface area contributed by atoms with Gasteiger partial charge in [-0.2, -0.15) is 0 Å². The van der Waals surface area contributed by atoms with E-state index in [1.807, 2.05) is 7.05 Å². The molecule has 0 heterocycles. The zero-order valence-electron chi connectivity index (χ0n) is 7.47. The summed E-state index contributed by atoms with van der Waals surface area (Å²) in [7, 11) is 1.88. The van der Waals surface area contributed by atoms with E-state index in [0.29, 0.717) is 0 Å². The smallest absolute Gasteiger partial charge is 0.219 e. The molecule has 0 atom stereocenters. The molecule has 64 valence electrons. The average Bonchev–Trinajstić information content (AvgIpc) is 1.83. The lowest BCUT2D eigenvalue weighted by atomic mass is 9.83. The maximum atomic E-state index is 10.8. The Morgan fingerprint density at radius 3 is 2.55 bits per heavy atom. The third-order valence-electron chi connectivity index (χ3n) is 2.64. The monoisotopic (exact) mass is 155 g/mol. The van der Waals surface area contributed by atoms with Gasteiger partial charge < -0.3 is 4.90 Å². The van der Waals surface area contributed by atoms with Crippen molar-refractivity contribution in [1.82, 2.24) is 4.90 Å². The summed E-state index contributed by atoms with van der Waals surface area (Å²) < 4.78 is 0. The third kappa shape index (κ3) is 2.52. The first-order valence-electron chi connectivity index (χ1n) is 4.42. The lowest BCUT2D eigenvalue weighted by Gasteiger charge is -2.27. The molecule has 2 nitrogen and oxygen atoms in total. The molecule has 0 spiro atoms. The molecule has 0 radical (unpaired) electrons. The molecular formula is C9H17NO. The van der Waals surface area contributed by atoms with Gasteiger partial charge in [-0.25, -0.2) is 0 Å². The van der Waals surface area contributed by atoms with Crippen LogP contribution in [0.15, 0.2) is 0 Å². The largest absolute Gasteiger partial charge is 0.346 e. The maximum absolute atomic E-state index is 10.8. The molecule has 1 aliphatic rings. The lowest BCUT2D eigenvalue weighted by molar-refractivity contribution is -0.127. The first kappa shape index (κ1) is 8.57. The molecule has 1 saturated carbocycles. The van der Waals surface area contributed by atoms with Crippen molar-refractivity contribution in [2.45, 2.75) is 32.6 Å². The standard InChI is InChI=1S/C9H17NO/c1-8(11)10(2)7-6-9-4-3-5-9/h9H,3-7H2,1-2H3. The number of hydrogen-bond donors (Lipinski definition) is 0. The van der Waals surface area contributed by atoms with Crippen LogP contribution in [0.3, 0.4) is 0 Å². The van der Waals surface area contributed by atoms with Crippen molar-refractivity contribution in [3.8, 4) is 0 Å². The van der Waals surface area contributed by atoms with E-state index in [2.05, 4.69) is 0 Å². The van der Waals surface area contributed by atoms with Crippen LogP contribution >= 0.6 is 0 Å². The molecule has 1 rings (SSSR count). The fourth-order valence-electron chi connectivity index (χ4n) is 1.32. The second kappa shape index (κ2) is 3.74. The molecule has 1 amide bonds. The van der Waals surface area contributed by atoms with Crippen LogP contribution in [0, 0.1) is 5.92 Å². The Hall–Kier alpha value is -0.530. The van der Waals surface area contributed by atoms with Gasteiger partial charge in [-0.15, -0.1) is 0 Å². The van der Waals surface area contributed by atoms with Crippen LogP contribution in [0.5, 0.6) is 0 Å². The molecule has 0 saturated heterocycles. The minimum atomic E-state index is 0.185. The molecule has 11 heavy (non-hydrogen) atoms. The summed E-state index contributed by atoms with van der Waals surface area (Å²) in [6.45, 7) is 2.57. The van der Waals surface area contributed by atoms with Crippen molar-refractivity contribution < 1.29 is 4.79 Å². The second-order valence-corrected chi connectivity index (χ2v) is 3.53. The van der Waals surface area contributed by atoms with E-state index in [1.54, 1.807) is 11.8 Å². The van der Waals surface area contributed by atoms with Gasteiger partial charge in [0.2, 0.25) is 5.91 Å². The Balaban J connectivity index is 2.05. The number of amides is 1. The topological polar surface area (TPSA) is 20.3 Å². The van der Waals surface area contributed by atoms with Gasteiger partial charge in [-0.05, 0) is 12.3 Å². The SMILES string of the molecule is CC(=O)N(C)CCC1CCC1. The Labute approximate surface area is 68.6 Å². The maximum Gasteiger partial charge on any atom is 0.219 e. The fraction of sp³-hybridized carbons (Fsp3) is 0.889. The van der Waals surface area contributed by atoms with Crippen LogP contribution in [-0.2, 0) is 4.79 Å². The summed E-state index contributed by atoms with van der Waals surface area (Å²) in [6, 6.07) is 0. The van der Waals surface area contributed by atoms with E-state index < -0.39 is 0 Å². The molecule has 0 aromatic rings. The van der Waals surface area contributed by atoms with Crippen molar-refractivity contribution in [1.29, 1.82) is 0 Å². The van der Waals surface area contributed by atoms with Gasteiger partial charge in [0.05, 0.1) is 0 Å². The third-order valence-corrected chi connectivity index (χ3v) is 2.64. The van der Waals surface area contributed by atoms with Gasteiger partial charge in [0, 0.05) is 20.5 Å². The molecule has 0 bridgehead atoms. The number of nitrogens with zero attached hydrogens (tertiary/aromatic N) is 1. The predicted molar refractivity (Wildman–Crippen MR) is 45.3 cm³/mol. The summed E-state index contributed by atoms with van der Waals surface area (Å²) in [4.78, 5) is 12.6. The van der Waals surface area contributed by atoms with Crippen LogP contribution in [0.2, 0.25) is 0 Å².